The quantitative estimate of drug-likeness (QED) is 0.727. The Bertz CT molecular complexity index is 969. The first-order chi connectivity index (χ1) is 14.3. The molecule has 1 heterocycles. The second-order valence-corrected chi connectivity index (χ2v) is 9.02. The van der Waals surface area contributed by atoms with Crippen molar-refractivity contribution in [3.05, 3.63) is 59.2 Å². The molecule has 0 aromatic heterocycles. The average Bonchev–Trinajstić information content (AvgIpc) is 2.75. The first-order valence-electron chi connectivity index (χ1n) is 10.00. The summed E-state index contributed by atoms with van der Waals surface area (Å²) in [4.78, 5) is 14.4. The number of carbonyl (C=O) groups is 1. The third-order valence-corrected chi connectivity index (χ3v) is 6.42. The van der Waals surface area contributed by atoms with Gasteiger partial charge in [0.2, 0.25) is 15.9 Å². The van der Waals surface area contributed by atoms with Crippen molar-refractivity contribution < 1.29 is 22.7 Å². The third-order valence-electron chi connectivity index (χ3n) is 5.04. The summed E-state index contributed by atoms with van der Waals surface area (Å²) in [6, 6.07) is 12.8. The number of sulfonamides is 1. The lowest BCUT2D eigenvalue weighted by Gasteiger charge is -2.33. The molecular weight excluding hydrogens is 404 g/mol. The van der Waals surface area contributed by atoms with Gasteiger partial charge < -0.3 is 14.4 Å². The molecule has 0 bridgehead atoms. The van der Waals surface area contributed by atoms with Gasteiger partial charge in [-0.2, -0.15) is 0 Å². The van der Waals surface area contributed by atoms with E-state index in [0.29, 0.717) is 32.1 Å². The smallest absolute Gasteiger partial charge is 0.241 e. The molecule has 0 spiro atoms. The summed E-state index contributed by atoms with van der Waals surface area (Å²) < 4.78 is 39.2. The van der Waals surface area contributed by atoms with Crippen LogP contribution in [0.3, 0.4) is 0 Å². The average molecular weight is 433 g/mol. The van der Waals surface area contributed by atoms with Crippen LogP contribution in [0, 0.1) is 13.8 Å². The van der Waals surface area contributed by atoms with Crippen molar-refractivity contribution in [2.45, 2.75) is 31.8 Å². The Hall–Kier alpha value is -2.42. The van der Waals surface area contributed by atoms with Crippen LogP contribution < -0.4 is 9.46 Å². The number of carbonyl (C=O) groups excluding carboxylic acids is 1. The van der Waals surface area contributed by atoms with E-state index >= 15 is 0 Å². The lowest BCUT2D eigenvalue weighted by atomic mass is 10.1. The second kappa shape index (κ2) is 9.59. The highest BCUT2D eigenvalue weighted by atomic mass is 32.2. The molecule has 1 amide bonds. The number of benzene rings is 2. The van der Waals surface area contributed by atoms with E-state index in [2.05, 4.69) is 4.72 Å². The molecule has 1 aliphatic rings. The number of aryl methyl sites for hydroxylation is 2. The fourth-order valence-electron chi connectivity index (χ4n) is 3.53. The van der Waals surface area contributed by atoms with Gasteiger partial charge in [-0.3, -0.25) is 4.79 Å². The standard InChI is InChI=1S/C22H28N2O5S/c1-4-28-22-16(2)12-19(13-17(22)3)30(26,27)23-14-21(25)24-10-11-29-20(15-24)18-8-6-5-7-9-18/h5-9,12-13,20,23H,4,10-11,14-15H2,1-3H3. The van der Waals surface area contributed by atoms with Gasteiger partial charge in [-0.1, -0.05) is 30.3 Å². The largest absolute Gasteiger partial charge is 0.493 e. The molecule has 30 heavy (non-hydrogen) atoms. The van der Waals surface area contributed by atoms with Crippen LogP contribution in [-0.4, -0.2) is 52.1 Å². The van der Waals surface area contributed by atoms with Gasteiger partial charge in [-0.05, 0) is 49.6 Å². The van der Waals surface area contributed by atoms with Crippen LogP contribution in [0.4, 0.5) is 0 Å². The van der Waals surface area contributed by atoms with Crippen molar-refractivity contribution in [2.75, 3.05) is 32.8 Å². The molecule has 0 radical (unpaired) electrons. The summed E-state index contributed by atoms with van der Waals surface area (Å²) in [6.07, 6.45) is -0.211. The van der Waals surface area contributed by atoms with Crippen LogP contribution in [0.5, 0.6) is 5.75 Å². The van der Waals surface area contributed by atoms with Gasteiger partial charge in [0.05, 0.1) is 31.2 Å². The number of morpholine rings is 1. The molecule has 1 aliphatic heterocycles. The highest BCUT2D eigenvalue weighted by molar-refractivity contribution is 7.89. The van der Waals surface area contributed by atoms with Gasteiger partial charge >= 0.3 is 0 Å². The van der Waals surface area contributed by atoms with E-state index in [1.165, 1.54) is 0 Å². The number of hydrogen-bond acceptors (Lipinski definition) is 5. The zero-order chi connectivity index (χ0) is 21.7. The van der Waals surface area contributed by atoms with Gasteiger partial charge in [-0.25, -0.2) is 13.1 Å². The number of hydrogen-bond donors (Lipinski definition) is 1. The Balaban J connectivity index is 1.65. The minimum absolute atomic E-state index is 0.123. The maximum absolute atomic E-state index is 12.7. The van der Waals surface area contributed by atoms with Gasteiger partial charge in [0.1, 0.15) is 11.9 Å². The van der Waals surface area contributed by atoms with E-state index in [9.17, 15) is 13.2 Å². The fourth-order valence-corrected chi connectivity index (χ4v) is 4.68. The van der Waals surface area contributed by atoms with E-state index in [1.807, 2.05) is 37.3 Å². The van der Waals surface area contributed by atoms with Crippen molar-refractivity contribution in [3.63, 3.8) is 0 Å². The normalized spacial score (nSPS) is 17.0. The van der Waals surface area contributed by atoms with E-state index in [-0.39, 0.29) is 23.5 Å². The van der Waals surface area contributed by atoms with E-state index in [1.54, 1.807) is 30.9 Å². The topological polar surface area (TPSA) is 84.9 Å². The molecule has 3 rings (SSSR count). The van der Waals surface area contributed by atoms with Crippen LogP contribution in [-0.2, 0) is 19.6 Å². The Morgan fingerprint density at radius 3 is 2.50 bits per heavy atom. The van der Waals surface area contributed by atoms with Crippen LogP contribution >= 0.6 is 0 Å². The molecule has 2 aromatic rings. The number of ether oxygens (including phenoxy) is 2. The van der Waals surface area contributed by atoms with Gasteiger partial charge in [0.25, 0.3) is 0 Å². The molecule has 0 saturated carbocycles. The molecule has 1 atom stereocenters. The Morgan fingerprint density at radius 2 is 1.87 bits per heavy atom. The molecule has 0 aliphatic carbocycles. The number of rotatable bonds is 7. The highest BCUT2D eigenvalue weighted by Crippen LogP contribution is 2.27. The summed E-state index contributed by atoms with van der Waals surface area (Å²) in [5, 5.41) is 0. The maximum atomic E-state index is 12.7. The monoisotopic (exact) mass is 432 g/mol. The zero-order valence-corrected chi connectivity index (χ0v) is 18.4. The maximum Gasteiger partial charge on any atom is 0.241 e. The Labute approximate surface area is 178 Å². The Morgan fingerprint density at radius 1 is 1.20 bits per heavy atom. The first kappa shape index (κ1) is 22.3. The van der Waals surface area contributed by atoms with E-state index in [4.69, 9.17) is 9.47 Å². The van der Waals surface area contributed by atoms with Crippen LogP contribution in [0.25, 0.3) is 0 Å². The summed E-state index contributed by atoms with van der Waals surface area (Å²) in [7, 11) is -3.82. The predicted octanol–water partition coefficient (Wildman–Crippen LogP) is 2.58. The Kier molecular flexibility index (Phi) is 7.12. The predicted molar refractivity (Wildman–Crippen MR) is 114 cm³/mol. The minimum Gasteiger partial charge on any atom is -0.493 e. The van der Waals surface area contributed by atoms with E-state index in [0.717, 1.165) is 16.7 Å². The minimum atomic E-state index is -3.82. The third kappa shape index (κ3) is 5.19. The van der Waals surface area contributed by atoms with Gasteiger partial charge in [-0.15, -0.1) is 0 Å². The zero-order valence-electron chi connectivity index (χ0n) is 17.6. The van der Waals surface area contributed by atoms with Crippen LogP contribution in [0.1, 0.15) is 29.7 Å². The lowest BCUT2D eigenvalue weighted by molar-refractivity contribution is -0.137. The molecule has 8 heteroatoms. The van der Waals surface area contributed by atoms with Crippen molar-refractivity contribution in [1.29, 1.82) is 0 Å². The molecule has 1 saturated heterocycles. The molecule has 7 nitrogen and oxygen atoms in total. The highest BCUT2D eigenvalue weighted by Gasteiger charge is 2.26. The number of amides is 1. The van der Waals surface area contributed by atoms with Crippen molar-refractivity contribution in [3.8, 4) is 5.75 Å². The van der Waals surface area contributed by atoms with E-state index < -0.39 is 10.0 Å². The summed E-state index contributed by atoms with van der Waals surface area (Å²) in [5.74, 6) is 0.412. The second-order valence-electron chi connectivity index (χ2n) is 7.25. The summed E-state index contributed by atoms with van der Waals surface area (Å²) >= 11 is 0. The molecule has 162 valence electrons. The summed E-state index contributed by atoms with van der Waals surface area (Å²) in [6.45, 7) is 6.94. The molecule has 1 N–H and O–H groups in total. The number of nitrogens with zero attached hydrogens (tertiary/aromatic N) is 1. The lowest BCUT2D eigenvalue weighted by Crippen LogP contribution is -2.46. The van der Waals surface area contributed by atoms with Crippen LogP contribution in [0.2, 0.25) is 0 Å². The number of nitrogens with one attached hydrogen (secondary N) is 1. The molecular formula is C22H28N2O5S. The molecule has 2 aromatic carbocycles. The van der Waals surface area contributed by atoms with Crippen molar-refractivity contribution >= 4 is 15.9 Å². The fraction of sp³-hybridized carbons (Fsp3) is 0.409. The van der Waals surface area contributed by atoms with Gasteiger partial charge in [0, 0.05) is 6.54 Å². The van der Waals surface area contributed by atoms with Crippen LogP contribution in [0.15, 0.2) is 47.4 Å². The molecule has 1 unspecified atom stereocenters. The molecule has 1 fully saturated rings. The summed E-state index contributed by atoms with van der Waals surface area (Å²) in [5.41, 5.74) is 2.47. The van der Waals surface area contributed by atoms with Crippen molar-refractivity contribution in [2.24, 2.45) is 0 Å². The first-order valence-corrected chi connectivity index (χ1v) is 11.5. The van der Waals surface area contributed by atoms with Crippen molar-refractivity contribution in [1.82, 2.24) is 9.62 Å². The van der Waals surface area contributed by atoms with Gasteiger partial charge in [0.15, 0.2) is 0 Å². The SMILES string of the molecule is CCOc1c(C)cc(S(=O)(=O)NCC(=O)N2CCOC(c3ccccc3)C2)cc1C.